The van der Waals surface area contributed by atoms with E-state index in [1.807, 2.05) is 26.0 Å². The van der Waals surface area contributed by atoms with E-state index in [4.69, 9.17) is 4.74 Å². The summed E-state index contributed by atoms with van der Waals surface area (Å²) in [4.78, 5) is 25.9. The molecule has 0 aliphatic rings. The molecule has 0 N–H and O–H groups in total. The SMILES string of the molecule is CCCOC(=O)P(=O)(C(=O)c1c(C)cc(C)cc1C)c1ccccc1. The highest BCUT2D eigenvalue weighted by molar-refractivity contribution is 8.00. The predicted molar refractivity (Wildman–Crippen MR) is 100 cm³/mol. The monoisotopic (exact) mass is 358 g/mol. The van der Waals surface area contributed by atoms with E-state index in [1.54, 1.807) is 44.2 Å². The fourth-order valence-corrected chi connectivity index (χ4v) is 5.04. The molecule has 25 heavy (non-hydrogen) atoms. The maximum atomic E-state index is 13.7. The highest BCUT2D eigenvalue weighted by Gasteiger charge is 2.44. The lowest BCUT2D eigenvalue weighted by atomic mass is 10.0. The lowest BCUT2D eigenvalue weighted by Gasteiger charge is -2.19. The number of hydrogen-bond donors (Lipinski definition) is 0. The Morgan fingerprint density at radius 2 is 1.56 bits per heavy atom. The van der Waals surface area contributed by atoms with E-state index in [9.17, 15) is 14.2 Å². The zero-order valence-electron chi connectivity index (χ0n) is 15.0. The summed E-state index contributed by atoms with van der Waals surface area (Å²) in [6.07, 6.45) is 0.595. The minimum atomic E-state index is -4.07. The van der Waals surface area contributed by atoms with Gasteiger partial charge in [-0.25, -0.2) is 4.79 Å². The quantitative estimate of drug-likeness (QED) is 0.683. The van der Waals surface area contributed by atoms with Gasteiger partial charge in [0.25, 0.3) is 7.14 Å². The van der Waals surface area contributed by atoms with Crippen molar-refractivity contribution >= 4 is 23.7 Å². The van der Waals surface area contributed by atoms with Crippen molar-refractivity contribution in [3.63, 3.8) is 0 Å². The summed E-state index contributed by atoms with van der Waals surface area (Å²) in [6.45, 7) is 7.49. The fourth-order valence-electron chi connectivity index (χ4n) is 2.90. The second-order valence-corrected chi connectivity index (χ2v) is 8.64. The Morgan fingerprint density at radius 1 is 1.00 bits per heavy atom. The van der Waals surface area contributed by atoms with Crippen LogP contribution < -0.4 is 5.30 Å². The molecule has 1 atom stereocenters. The molecular formula is C20H23O4P. The number of benzene rings is 2. The second kappa shape index (κ2) is 7.79. The zero-order valence-corrected chi connectivity index (χ0v) is 15.9. The first-order valence-corrected chi connectivity index (χ1v) is 9.98. The molecule has 2 aromatic carbocycles. The molecule has 5 heteroatoms. The number of carbonyl (C=O) groups excluding carboxylic acids is 2. The van der Waals surface area contributed by atoms with Gasteiger partial charge in [-0.05, 0) is 38.3 Å². The first-order chi connectivity index (χ1) is 11.8. The smallest absolute Gasteiger partial charge is 0.376 e. The van der Waals surface area contributed by atoms with Crippen molar-refractivity contribution in [1.29, 1.82) is 0 Å². The van der Waals surface area contributed by atoms with Gasteiger partial charge in [-0.2, -0.15) is 0 Å². The third-order valence-electron chi connectivity index (χ3n) is 3.98. The lowest BCUT2D eigenvalue weighted by molar-refractivity contribution is 0.107. The van der Waals surface area contributed by atoms with Crippen molar-refractivity contribution in [2.75, 3.05) is 6.61 Å². The van der Waals surface area contributed by atoms with Gasteiger partial charge in [0, 0.05) is 10.9 Å². The fraction of sp³-hybridized carbons (Fsp3) is 0.300. The number of rotatable bonds is 6. The highest BCUT2D eigenvalue weighted by atomic mass is 31.2. The Bertz CT molecular complexity index is 817. The first kappa shape index (κ1) is 19.1. The van der Waals surface area contributed by atoms with Crippen LogP contribution in [0.4, 0.5) is 4.79 Å². The molecule has 4 nitrogen and oxygen atoms in total. The van der Waals surface area contributed by atoms with Crippen LogP contribution in [0.25, 0.3) is 0 Å². The van der Waals surface area contributed by atoms with E-state index in [0.717, 1.165) is 5.56 Å². The third-order valence-corrected chi connectivity index (χ3v) is 6.45. The number of carbonyl (C=O) groups is 2. The molecule has 0 aromatic heterocycles. The molecule has 132 valence electrons. The van der Waals surface area contributed by atoms with Gasteiger partial charge in [-0.1, -0.05) is 55.0 Å². The minimum absolute atomic E-state index is 0.134. The van der Waals surface area contributed by atoms with Gasteiger partial charge >= 0.3 is 5.71 Å². The Labute approximate surface area is 148 Å². The number of ether oxygens (including phenoxy) is 1. The van der Waals surface area contributed by atoms with E-state index in [1.165, 1.54) is 0 Å². The number of hydrogen-bond acceptors (Lipinski definition) is 4. The van der Waals surface area contributed by atoms with Gasteiger partial charge in [0.05, 0.1) is 6.61 Å². The van der Waals surface area contributed by atoms with Gasteiger partial charge in [-0.3, -0.25) is 9.36 Å². The van der Waals surface area contributed by atoms with Gasteiger partial charge in [0.2, 0.25) is 5.52 Å². The summed E-state index contributed by atoms with van der Waals surface area (Å²) in [5.41, 5.74) is 1.17. The van der Waals surface area contributed by atoms with Crippen LogP contribution in [0, 0.1) is 20.8 Å². The van der Waals surface area contributed by atoms with Crippen molar-refractivity contribution in [3.05, 3.63) is 64.7 Å². The van der Waals surface area contributed by atoms with Crippen LogP contribution in [0.2, 0.25) is 0 Å². The maximum absolute atomic E-state index is 13.7. The van der Waals surface area contributed by atoms with Crippen LogP contribution in [0.5, 0.6) is 0 Å². The summed E-state index contributed by atoms with van der Waals surface area (Å²) >= 11 is 0. The summed E-state index contributed by atoms with van der Waals surface area (Å²) in [6, 6.07) is 11.9. The van der Waals surface area contributed by atoms with Gasteiger partial charge < -0.3 is 4.74 Å². The van der Waals surface area contributed by atoms with Crippen molar-refractivity contribution in [2.45, 2.75) is 34.1 Å². The maximum Gasteiger partial charge on any atom is 0.376 e. The van der Waals surface area contributed by atoms with Gasteiger partial charge in [0.1, 0.15) is 0 Å². The van der Waals surface area contributed by atoms with Crippen LogP contribution in [0.1, 0.15) is 40.4 Å². The summed E-state index contributed by atoms with van der Waals surface area (Å²) in [5.74, 6) is 0. The van der Waals surface area contributed by atoms with Crippen molar-refractivity contribution in [3.8, 4) is 0 Å². The topological polar surface area (TPSA) is 60.4 Å². The predicted octanol–water partition coefficient (Wildman–Crippen LogP) is 4.99. The van der Waals surface area contributed by atoms with Crippen LogP contribution >= 0.6 is 7.14 Å². The molecule has 2 rings (SSSR count). The summed E-state index contributed by atoms with van der Waals surface area (Å²) < 4.78 is 18.8. The average Bonchev–Trinajstić information content (AvgIpc) is 2.58. The molecule has 1 unspecified atom stereocenters. The average molecular weight is 358 g/mol. The molecule has 0 spiro atoms. The van der Waals surface area contributed by atoms with Crippen molar-refractivity contribution < 1.29 is 18.9 Å². The Hall–Kier alpha value is -2.19. The Kier molecular flexibility index (Phi) is 5.97. The van der Waals surface area contributed by atoms with Crippen molar-refractivity contribution in [2.24, 2.45) is 0 Å². The van der Waals surface area contributed by atoms with Crippen molar-refractivity contribution in [1.82, 2.24) is 0 Å². The molecule has 0 saturated heterocycles. The van der Waals surface area contributed by atoms with Gasteiger partial charge in [-0.15, -0.1) is 0 Å². The van der Waals surface area contributed by atoms with Crippen LogP contribution in [-0.2, 0) is 9.30 Å². The molecule has 2 aromatic rings. The summed E-state index contributed by atoms with van der Waals surface area (Å²) in [5, 5.41) is 0.209. The zero-order chi connectivity index (χ0) is 18.6. The molecule has 0 radical (unpaired) electrons. The molecule has 0 amide bonds. The molecule has 0 bridgehead atoms. The van der Waals surface area contributed by atoms with E-state index in [-0.39, 0.29) is 11.9 Å². The molecule has 0 saturated carbocycles. The standard InChI is InChI=1S/C20H23O4P/c1-5-11-24-20(22)25(23,17-9-7-6-8-10-17)19(21)18-15(3)12-14(2)13-16(18)4/h6-10,12-13H,5,11H2,1-4H3. The van der Waals surface area contributed by atoms with E-state index >= 15 is 0 Å². The summed E-state index contributed by atoms with van der Waals surface area (Å²) in [7, 11) is -4.07. The van der Waals surface area contributed by atoms with Crippen LogP contribution in [0.3, 0.4) is 0 Å². The Balaban J connectivity index is 2.63. The van der Waals surface area contributed by atoms with Gasteiger partial charge in [0.15, 0.2) is 0 Å². The molecular weight excluding hydrogens is 335 g/mol. The minimum Gasteiger partial charge on any atom is -0.460 e. The lowest BCUT2D eigenvalue weighted by Crippen LogP contribution is -2.22. The Morgan fingerprint density at radius 3 is 2.08 bits per heavy atom. The van der Waals surface area contributed by atoms with Crippen LogP contribution in [0.15, 0.2) is 42.5 Å². The second-order valence-electron chi connectivity index (χ2n) is 6.14. The molecule has 0 fully saturated rings. The molecule has 0 aliphatic heterocycles. The van der Waals surface area contributed by atoms with E-state index in [2.05, 4.69) is 0 Å². The number of aryl methyl sites for hydroxylation is 3. The normalized spacial score (nSPS) is 13.1. The first-order valence-electron chi connectivity index (χ1n) is 8.28. The van der Waals surface area contributed by atoms with E-state index in [0.29, 0.717) is 23.1 Å². The molecule has 0 heterocycles. The highest BCUT2D eigenvalue weighted by Crippen LogP contribution is 2.50. The third kappa shape index (κ3) is 3.74. The van der Waals surface area contributed by atoms with E-state index < -0.39 is 18.4 Å². The largest absolute Gasteiger partial charge is 0.460 e. The molecule has 0 aliphatic carbocycles. The van der Waals surface area contributed by atoms with Crippen LogP contribution in [-0.4, -0.2) is 17.8 Å².